The number of aryl methyl sites for hydroxylation is 1. The Labute approximate surface area is 286 Å². The van der Waals surface area contributed by atoms with Crippen molar-refractivity contribution in [1.82, 2.24) is 39.7 Å². The molecule has 2 aromatic heterocycles. The number of anilines is 1. The van der Waals surface area contributed by atoms with E-state index in [1.165, 1.54) is 11.1 Å². The minimum absolute atomic E-state index is 0.132. The lowest BCUT2D eigenvalue weighted by atomic mass is 9.85. The maximum Gasteiger partial charge on any atom is 0.234 e. The third-order valence-corrected chi connectivity index (χ3v) is 11.4. The summed E-state index contributed by atoms with van der Waals surface area (Å²) in [6.45, 7) is 7.36. The molecule has 49 heavy (non-hydrogen) atoms. The third kappa shape index (κ3) is 6.06. The van der Waals surface area contributed by atoms with Gasteiger partial charge in [-0.3, -0.25) is 29.2 Å². The Kier molecular flexibility index (Phi) is 8.33. The second-order valence-electron chi connectivity index (χ2n) is 14.4. The summed E-state index contributed by atoms with van der Waals surface area (Å²) in [5.41, 5.74) is 6.02. The highest BCUT2D eigenvalue weighted by molar-refractivity contribution is 6.02. The van der Waals surface area contributed by atoms with Crippen LogP contribution < -0.4 is 4.90 Å². The van der Waals surface area contributed by atoms with Gasteiger partial charge in [-0.05, 0) is 68.0 Å². The number of carbonyl (C=O) groups is 2. The summed E-state index contributed by atoms with van der Waals surface area (Å²) >= 11 is 0. The highest BCUT2D eigenvalue weighted by atomic mass is 16.3. The van der Waals surface area contributed by atoms with E-state index < -0.39 is 11.6 Å². The zero-order chi connectivity index (χ0) is 33.7. The first-order valence-electron chi connectivity index (χ1n) is 17.6. The minimum Gasteiger partial charge on any atom is -0.377 e. The summed E-state index contributed by atoms with van der Waals surface area (Å²) in [7, 11) is 1.87. The van der Waals surface area contributed by atoms with Crippen LogP contribution in [0.3, 0.4) is 0 Å². The van der Waals surface area contributed by atoms with Crippen LogP contribution in [0.5, 0.6) is 0 Å². The maximum atomic E-state index is 14.0. The number of aliphatic hydroxyl groups is 1. The summed E-state index contributed by atoms with van der Waals surface area (Å²) in [6.07, 6.45) is 7.67. The van der Waals surface area contributed by atoms with Crippen LogP contribution in [0, 0.1) is 5.41 Å². The predicted molar refractivity (Wildman–Crippen MR) is 187 cm³/mol. The lowest BCUT2D eigenvalue weighted by Gasteiger charge is -2.33. The summed E-state index contributed by atoms with van der Waals surface area (Å²) in [5, 5.41) is 24.6. The van der Waals surface area contributed by atoms with E-state index in [0.29, 0.717) is 32.1 Å². The molecule has 0 radical (unpaired) electrons. The van der Waals surface area contributed by atoms with Gasteiger partial charge in [0.15, 0.2) is 5.82 Å². The van der Waals surface area contributed by atoms with Crippen LogP contribution >= 0.6 is 0 Å². The van der Waals surface area contributed by atoms with Crippen molar-refractivity contribution in [3.05, 3.63) is 66.1 Å². The third-order valence-electron chi connectivity index (χ3n) is 11.4. The van der Waals surface area contributed by atoms with Gasteiger partial charge in [0, 0.05) is 88.0 Å². The number of aliphatic hydroxyl groups excluding tert-OH is 1. The van der Waals surface area contributed by atoms with Crippen LogP contribution in [-0.4, -0.2) is 115 Å². The molecule has 4 aliphatic heterocycles. The summed E-state index contributed by atoms with van der Waals surface area (Å²) in [5.74, 6) is 1.36. The Morgan fingerprint density at radius 1 is 1.04 bits per heavy atom. The molecule has 4 aromatic rings. The van der Waals surface area contributed by atoms with E-state index in [-0.39, 0.29) is 11.8 Å². The van der Waals surface area contributed by atoms with E-state index in [1.807, 2.05) is 29.0 Å². The van der Waals surface area contributed by atoms with Crippen molar-refractivity contribution in [2.45, 2.75) is 51.2 Å². The molecule has 2 aromatic carbocycles. The number of aromatic nitrogens is 5. The van der Waals surface area contributed by atoms with Crippen molar-refractivity contribution in [1.29, 1.82) is 0 Å². The van der Waals surface area contributed by atoms with Crippen molar-refractivity contribution in [2.75, 3.05) is 57.3 Å². The number of aromatic amines is 1. The minimum atomic E-state index is -0.581. The lowest BCUT2D eigenvalue weighted by Crippen LogP contribution is -2.46. The highest BCUT2D eigenvalue weighted by Gasteiger charge is 2.51. The van der Waals surface area contributed by atoms with Gasteiger partial charge in [-0.15, -0.1) is 0 Å². The molecule has 12 nitrogen and oxygen atoms in total. The average Bonchev–Trinajstić information content (AvgIpc) is 3.92. The number of likely N-dealkylation sites (tertiary alicyclic amines) is 2. The number of rotatable bonds is 7. The highest BCUT2D eigenvalue weighted by Crippen LogP contribution is 2.43. The van der Waals surface area contributed by atoms with Gasteiger partial charge in [0.2, 0.25) is 11.8 Å². The Morgan fingerprint density at radius 3 is 2.53 bits per heavy atom. The Morgan fingerprint density at radius 2 is 1.82 bits per heavy atom. The van der Waals surface area contributed by atoms with Gasteiger partial charge in [-0.1, -0.05) is 30.3 Å². The van der Waals surface area contributed by atoms with Crippen molar-refractivity contribution in [3.8, 4) is 11.4 Å². The molecule has 1 spiro atoms. The lowest BCUT2D eigenvalue weighted by molar-refractivity contribution is -0.129. The molecular weight excluding hydrogens is 618 g/mol. The van der Waals surface area contributed by atoms with Crippen LogP contribution in [0.1, 0.15) is 56.2 Å². The number of hydrogen-bond donors (Lipinski definition) is 2. The number of carbonyl (C=O) groups excluding carboxylic acids is 2. The second kappa shape index (κ2) is 12.8. The first-order valence-corrected chi connectivity index (χ1v) is 17.6. The van der Waals surface area contributed by atoms with E-state index in [4.69, 9.17) is 0 Å². The van der Waals surface area contributed by atoms with Crippen molar-refractivity contribution in [2.24, 2.45) is 12.5 Å². The number of fused-ring (bicyclic) bond motifs is 1. The molecule has 0 unspecified atom stereocenters. The van der Waals surface area contributed by atoms with Crippen LogP contribution in [0.15, 0.2) is 54.9 Å². The van der Waals surface area contributed by atoms with E-state index in [0.717, 1.165) is 92.0 Å². The monoisotopic (exact) mass is 663 g/mol. The normalized spacial score (nSPS) is 23.2. The summed E-state index contributed by atoms with van der Waals surface area (Å²) in [4.78, 5) is 38.5. The van der Waals surface area contributed by atoms with Gasteiger partial charge in [0.05, 0.1) is 10.9 Å². The molecule has 12 heteroatoms. The number of β-amino-alcohol motifs (C(OH)–C–C–N with tert-alkyl or cyclic N) is 1. The molecule has 2 amide bonds. The van der Waals surface area contributed by atoms with Crippen molar-refractivity contribution in [3.63, 3.8) is 0 Å². The molecule has 3 saturated heterocycles. The molecule has 2 N–H and O–H groups in total. The average molecular weight is 664 g/mol. The van der Waals surface area contributed by atoms with E-state index >= 15 is 0 Å². The molecule has 2 atom stereocenters. The van der Waals surface area contributed by atoms with Gasteiger partial charge in [-0.25, -0.2) is 4.98 Å². The molecule has 4 aliphatic rings. The smallest absolute Gasteiger partial charge is 0.234 e. The molecule has 0 aliphatic carbocycles. The van der Waals surface area contributed by atoms with E-state index in [2.05, 4.69) is 66.5 Å². The SMILES string of the molecule is CC(=O)N1CCC(c2[nH]nc3ccc(N4CC[C@]5(CCN(C[C@H](O)N6CC=C(c7ccc(-c8ncn(C)n8)cc7)CC6)C5)C4=O)cc23)CC1. The number of amides is 2. The molecule has 6 heterocycles. The van der Waals surface area contributed by atoms with Crippen molar-refractivity contribution < 1.29 is 14.7 Å². The predicted octanol–water partition coefficient (Wildman–Crippen LogP) is 3.62. The number of hydrogen-bond acceptors (Lipinski definition) is 8. The number of nitrogens with zero attached hydrogens (tertiary/aromatic N) is 8. The van der Waals surface area contributed by atoms with Gasteiger partial charge in [0.25, 0.3) is 0 Å². The maximum absolute atomic E-state index is 14.0. The number of benzene rings is 2. The largest absolute Gasteiger partial charge is 0.377 e. The standard InChI is InChI=1S/C37H45N9O3/c1-25(47)44-15-11-28(12-16-44)34-31-21-30(7-8-32(31)39-40-34)46-20-14-37(36(46)49)13-19-43(23-37)22-33(48)45-17-9-27(10-18-45)26-3-5-29(6-4-26)35-38-24-42(2)41-35/h3-9,21,24,28,33,48H,10-20,22-23H2,1-2H3,(H,39,40)/t33-,37-/m0/s1. The quantitative estimate of drug-likeness (QED) is 0.307. The molecule has 0 saturated carbocycles. The van der Waals surface area contributed by atoms with Crippen LogP contribution in [0.25, 0.3) is 27.9 Å². The van der Waals surface area contributed by atoms with Gasteiger partial charge in [0.1, 0.15) is 12.6 Å². The zero-order valence-electron chi connectivity index (χ0n) is 28.4. The summed E-state index contributed by atoms with van der Waals surface area (Å²) in [6, 6.07) is 14.5. The van der Waals surface area contributed by atoms with Crippen LogP contribution in [-0.2, 0) is 16.6 Å². The van der Waals surface area contributed by atoms with Crippen LogP contribution in [0.4, 0.5) is 5.69 Å². The fourth-order valence-electron chi connectivity index (χ4n) is 8.41. The number of nitrogens with one attached hydrogen (secondary N) is 1. The Balaban J connectivity index is 0.874. The first kappa shape index (κ1) is 31.9. The molecule has 8 rings (SSSR count). The molecule has 3 fully saturated rings. The van der Waals surface area contributed by atoms with Gasteiger partial charge >= 0.3 is 0 Å². The Bertz CT molecular complexity index is 1890. The Hall–Kier alpha value is -4.39. The molecular formula is C37H45N9O3. The second-order valence-corrected chi connectivity index (χ2v) is 14.4. The van der Waals surface area contributed by atoms with Crippen molar-refractivity contribution >= 4 is 34.0 Å². The first-order chi connectivity index (χ1) is 23.8. The topological polar surface area (TPSA) is 127 Å². The van der Waals surface area contributed by atoms with E-state index in [1.54, 1.807) is 17.9 Å². The number of H-pyrrole nitrogens is 1. The van der Waals surface area contributed by atoms with E-state index in [9.17, 15) is 14.7 Å². The number of piperidine rings is 1. The van der Waals surface area contributed by atoms with Gasteiger partial charge < -0.3 is 14.9 Å². The van der Waals surface area contributed by atoms with Gasteiger partial charge in [-0.2, -0.15) is 10.2 Å². The molecule has 0 bridgehead atoms. The zero-order valence-corrected chi connectivity index (χ0v) is 28.4. The fraction of sp³-hybridized carbons (Fsp3) is 0.486. The fourth-order valence-corrected chi connectivity index (χ4v) is 8.41. The summed E-state index contributed by atoms with van der Waals surface area (Å²) < 4.78 is 1.71. The van der Waals surface area contributed by atoms with Crippen LogP contribution in [0.2, 0.25) is 0 Å². The molecule has 256 valence electrons.